The van der Waals surface area contributed by atoms with Crippen LogP contribution in [0.25, 0.3) is 88.8 Å². The van der Waals surface area contributed by atoms with E-state index < -0.39 is 18.1 Å². The molecule has 0 saturated carbocycles. The fourth-order valence-electron chi connectivity index (χ4n) is 6.10. The summed E-state index contributed by atoms with van der Waals surface area (Å²) in [7, 11) is 0. The van der Waals surface area contributed by atoms with Crippen molar-refractivity contribution in [1.82, 2.24) is 15.0 Å². The molecule has 2 aromatic heterocycles. The van der Waals surface area contributed by atoms with Crippen LogP contribution in [0.2, 0.25) is 0 Å². The van der Waals surface area contributed by atoms with Gasteiger partial charge in [-0.05, 0) is 39.2 Å². The van der Waals surface area contributed by atoms with Crippen molar-refractivity contribution in [1.29, 1.82) is 0 Å². The van der Waals surface area contributed by atoms with Crippen molar-refractivity contribution in [3.8, 4) is 45.3 Å². The van der Waals surface area contributed by atoms with E-state index in [1.165, 1.54) is 0 Å². The maximum absolute atomic E-state index is 8.62. The number of rotatable bonds is 4. The summed E-state index contributed by atoms with van der Waals surface area (Å²) in [5.74, 6) is 1.50. The topological polar surface area (TPSA) is 51.8 Å². The van der Waals surface area contributed by atoms with Crippen LogP contribution in [0.3, 0.4) is 0 Å². The van der Waals surface area contributed by atoms with Crippen LogP contribution in [0, 0.1) is 0 Å². The third-order valence-corrected chi connectivity index (χ3v) is 8.21. The fourth-order valence-corrected chi connectivity index (χ4v) is 6.10. The van der Waals surface area contributed by atoms with Crippen molar-refractivity contribution >= 4 is 43.5 Å². The van der Waals surface area contributed by atoms with E-state index >= 15 is 0 Å². The third kappa shape index (κ3) is 4.27. The molecule has 0 bridgehead atoms. The maximum atomic E-state index is 8.62. The molecular weight excluding hydrogens is 550 g/mol. The molecular formula is C41H25N3O. The van der Waals surface area contributed by atoms with Gasteiger partial charge in [-0.25, -0.2) is 15.0 Å². The number of furan rings is 1. The van der Waals surface area contributed by atoms with Crippen LogP contribution in [-0.2, 0) is 0 Å². The summed E-state index contributed by atoms with van der Waals surface area (Å²) in [4.78, 5) is 15.0. The van der Waals surface area contributed by atoms with E-state index in [9.17, 15) is 0 Å². The van der Waals surface area contributed by atoms with E-state index in [0.717, 1.165) is 38.1 Å². The first-order valence-electron chi connectivity index (χ1n) is 17.1. The van der Waals surface area contributed by atoms with E-state index in [1.807, 2.05) is 72.8 Å². The molecule has 0 aliphatic heterocycles. The van der Waals surface area contributed by atoms with Crippen LogP contribution in [0.1, 0.15) is 6.85 Å². The van der Waals surface area contributed by atoms with Crippen molar-refractivity contribution < 1.29 is 11.3 Å². The van der Waals surface area contributed by atoms with Crippen LogP contribution in [0.15, 0.2) is 156 Å². The monoisotopic (exact) mass is 580 g/mol. The minimum atomic E-state index is -0.442. The molecule has 210 valence electrons. The van der Waals surface area contributed by atoms with Crippen molar-refractivity contribution in [2.24, 2.45) is 0 Å². The molecule has 9 rings (SSSR count). The van der Waals surface area contributed by atoms with Gasteiger partial charge >= 0.3 is 0 Å². The van der Waals surface area contributed by atoms with E-state index in [0.29, 0.717) is 45.2 Å². The minimum absolute atomic E-state index is 0.0832. The van der Waals surface area contributed by atoms with E-state index in [1.54, 1.807) is 12.1 Å². The minimum Gasteiger partial charge on any atom is -0.455 e. The van der Waals surface area contributed by atoms with E-state index in [-0.39, 0.29) is 17.6 Å². The molecule has 0 amide bonds. The van der Waals surface area contributed by atoms with Crippen molar-refractivity contribution in [3.05, 3.63) is 152 Å². The lowest BCUT2D eigenvalue weighted by atomic mass is 9.99. The van der Waals surface area contributed by atoms with Crippen LogP contribution in [0.5, 0.6) is 0 Å². The number of fused-ring (bicyclic) bond motifs is 6. The predicted octanol–water partition coefficient (Wildman–Crippen LogP) is 10.7. The molecule has 0 radical (unpaired) electrons. The van der Waals surface area contributed by atoms with Gasteiger partial charge in [-0.15, -0.1) is 0 Å². The molecule has 0 unspecified atom stereocenters. The largest absolute Gasteiger partial charge is 0.455 e. The van der Waals surface area contributed by atoms with Crippen molar-refractivity contribution in [2.75, 3.05) is 0 Å². The summed E-state index contributed by atoms with van der Waals surface area (Å²) in [6, 6.07) is 37.9. The Hall–Kier alpha value is -6.13. The Bertz CT molecular complexity index is 2810. The summed E-state index contributed by atoms with van der Waals surface area (Å²) < 4.78 is 48.3. The second-order valence-corrected chi connectivity index (χ2v) is 10.9. The molecule has 4 nitrogen and oxygen atoms in total. The second-order valence-electron chi connectivity index (χ2n) is 10.9. The van der Waals surface area contributed by atoms with Gasteiger partial charge in [0.15, 0.2) is 17.5 Å². The first kappa shape index (κ1) is 20.7. The molecule has 45 heavy (non-hydrogen) atoms. The van der Waals surface area contributed by atoms with Crippen molar-refractivity contribution in [2.45, 2.75) is 0 Å². The zero-order chi connectivity index (χ0) is 34.1. The molecule has 0 N–H and O–H groups in total. The average molecular weight is 581 g/mol. The van der Waals surface area contributed by atoms with Crippen LogP contribution >= 0.6 is 0 Å². The summed E-state index contributed by atoms with van der Waals surface area (Å²) >= 11 is 0. The highest BCUT2D eigenvalue weighted by atomic mass is 16.3. The van der Waals surface area contributed by atoms with Gasteiger partial charge in [0.25, 0.3) is 0 Å². The SMILES string of the molecule is [2H]c1c([2H])c([2H])c(-c2cccc3c2oc2cccc(-c4nc(-c5ccccc5)nc(-c5ccc6ccc7ccccc7c6c5)n4)c23)c([2H])c1[2H]. The molecule has 0 saturated heterocycles. The Kier molecular flexibility index (Phi) is 4.72. The Morgan fingerprint density at radius 1 is 0.467 bits per heavy atom. The highest BCUT2D eigenvalue weighted by Gasteiger charge is 2.19. The van der Waals surface area contributed by atoms with Gasteiger partial charge < -0.3 is 4.42 Å². The zero-order valence-electron chi connectivity index (χ0n) is 28.8. The predicted molar refractivity (Wildman–Crippen MR) is 184 cm³/mol. The molecule has 0 aliphatic rings. The smallest absolute Gasteiger partial charge is 0.164 e. The quantitative estimate of drug-likeness (QED) is 0.194. The van der Waals surface area contributed by atoms with E-state index in [2.05, 4.69) is 36.4 Å². The fraction of sp³-hybridized carbons (Fsp3) is 0. The first-order valence-corrected chi connectivity index (χ1v) is 14.6. The molecule has 0 spiro atoms. The van der Waals surface area contributed by atoms with Gasteiger partial charge in [-0.2, -0.15) is 0 Å². The van der Waals surface area contributed by atoms with Gasteiger partial charge in [0, 0.05) is 33.0 Å². The molecule has 0 atom stereocenters. The van der Waals surface area contributed by atoms with Crippen LogP contribution in [-0.4, -0.2) is 15.0 Å². The van der Waals surface area contributed by atoms with Crippen molar-refractivity contribution in [3.63, 3.8) is 0 Å². The summed E-state index contributed by atoms with van der Waals surface area (Å²) in [6.07, 6.45) is 0. The van der Waals surface area contributed by atoms with Crippen LogP contribution < -0.4 is 0 Å². The summed E-state index contributed by atoms with van der Waals surface area (Å²) in [6.45, 7) is 0. The molecule has 0 aliphatic carbocycles. The number of hydrogen-bond acceptors (Lipinski definition) is 4. The van der Waals surface area contributed by atoms with Gasteiger partial charge in [-0.3, -0.25) is 0 Å². The average Bonchev–Trinajstić information content (AvgIpc) is 3.56. The normalized spacial score (nSPS) is 13.1. The standard InChI is InChI=1S/C41H25N3O/c1-3-11-26(12-4-1)32-17-9-18-33-37-34(19-10-20-36(37)45-38(32)33)41-43-39(29-14-5-2-6-15-29)42-40(44-41)30-24-23-28-22-21-27-13-7-8-16-31(27)35(28)25-30/h1-25H/i1D,3D,4D,11D,12D. The van der Waals surface area contributed by atoms with Gasteiger partial charge in [-0.1, -0.05) is 139 Å². The number of aromatic nitrogens is 3. The number of para-hydroxylation sites is 1. The highest BCUT2D eigenvalue weighted by Crippen LogP contribution is 2.40. The summed E-state index contributed by atoms with van der Waals surface area (Å²) in [5, 5.41) is 5.98. The lowest BCUT2D eigenvalue weighted by molar-refractivity contribution is 0.670. The number of hydrogen-bond donors (Lipinski definition) is 0. The Morgan fingerprint density at radius 3 is 2.00 bits per heavy atom. The number of nitrogens with zero attached hydrogens (tertiary/aromatic N) is 3. The number of benzene rings is 7. The maximum Gasteiger partial charge on any atom is 0.164 e. The lowest BCUT2D eigenvalue weighted by Gasteiger charge is -2.10. The second kappa shape index (κ2) is 10.2. The highest BCUT2D eigenvalue weighted by molar-refractivity contribution is 6.15. The lowest BCUT2D eigenvalue weighted by Crippen LogP contribution is -2.00. The first-order chi connectivity index (χ1) is 24.4. The molecule has 0 fully saturated rings. The molecule has 7 aromatic carbocycles. The van der Waals surface area contributed by atoms with Gasteiger partial charge in [0.2, 0.25) is 0 Å². The van der Waals surface area contributed by atoms with Gasteiger partial charge in [0.05, 0.1) is 6.85 Å². The zero-order valence-corrected chi connectivity index (χ0v) is 23.8. The third-order valence-electron chi connectivity index (χ3n) is 8.21. The Balaban J connectivity index is 1.30. The Labute approximate surface area is 266 Å². The summed E-state index contributed by atoms with van der Waals surface area (Å²) in [5.41, 5.74) is 3.86. The molecule has 4 heteroatoms. The van der Waals surface area contributed by atoms with E-state index in [4.69, 9.17) is 26.2 Å². The molecule has 2 heterocycles. The van der Waals surface area contributed by atoms with Crippen LogP contribution in [0.4, 0.5) is 0 Å². The molecule has 9 aromatic rings. The Morgan fingerprint density at radius 2 is 1.13 bits per heavy atom. The van der Waals surface area contributed by atoms with Gasteiger partial charge in [0.1, 0.15) is 11.2 Å².